The molecule has 0 fully saturated rings. The molecule has 1 aromatic carbocycles. The van der Waals surface area contributed by atoms with Crippen LogP contribution in [0.15, 0.2) is 24.3 Å². The number of fused-ring (bicyclic) bond motifs is 1. The zero-order valence-corrected chi connectivity index (χ0v) is 12.1. The van der Waals surface area contributed by atoms with E-state index in [1.807, 2.05) is 32.0 Å². The number of hydrogen-bond donors (Lipinski definition) is 2. The van der Waals surface area contributed by atoms with Crippen LogP contribution in [0.4, 0.5) is 0 Å². The molecule has 0 aliphatic carbocycles. The lowest BCUT2D eigenvalue weighted by Crippen LogP contribution is -2.51. The van der Waals surface area contributed by atoms with E-state index in [4.69, 9.17) is 9.47 Å². The van der Waals surface area contributed by atoms with Gasteiger partial charge in [0.05, 0.1) is 0 Å². The summed E-state index contributed by atoms with van der Waals surface area (Å²) in [6.07, 6.45) is -1.04. The molecule has 1 amide bonds. The highest BCUT2D eigenvalue weighted by Crippen LogP contribution is 2.33. The maximum atomic E-state index is 12.2. The molecular weight excluding hydrogens is 258 g/mol. The Morgan fingerprint density at radius 1 is 1.30 bits per heavy atom. The van der Waals surface area contributed by atoms with E-state index in [-0.39, 0.29) is 24.0 Å². The average molecular weight is 279 g/mol. The van der Waals surface area contributed by atoms with Gasteiger partial charge in [-0.15, -0.1) is 0 Å². The Hall–Kier alpha value is -1.75. The second kappa shape index (κ2) is 5.71. The molecule has 20 heavy (non-hydrogen) atoms. The van der Waals surface area contributed by atoms with Gasteiger partial charge >= 0.3 is 0 Å². The summed E-state index contributed by atoms with van der Waals surface area (Å²) in [5.41, 5.74) is -0.355. The molecular formula is C15H21NO4. The van der Waals surface area contributed by atoms with Crippen LogP contribution in [0, 0.1) is 5.41 Å². The minimum absolute atomic E-state index is 0.00763. The fraction of sp³-hybridized carbons (Fsp3) is 0.533. The van der Waals surface area contributed by atoms with E-state index in [0.717, 1.165) is 0 Å². The monoisotopic (exact) mass is 279 g/mol. The van der Waals surface area contributed by atoms with Crippen molar-refractivity contribution >= 4 is 5.91 Å². The zero-order valence-electron chi connectivity index (χ0n) is 12.1. The van der Waals surface area contributed by atoms with Gasteiger partial charge in [0.25, 0.3) is 5.91 Å². The molecule has 2 N–H and O–H groups in total. The maximum absolute atomic E-state index is 12.2. The molecule has 5 heteroatoms. The van der Waals surface area contributed by atoms with Crippen LogP contribution < -0.4 is 14.8 Å². The number of amides is 1. The van der Waals surface area contributed by atoms with Crippen molar-refractivity contribution in [3.63, 3.8) is 0 Å². The van der Waals surface area contributed by atoms with Crippen molar-refractivity contribution in [2.24, 2.45) is 5.41 Å². The Bertz CT molecular complexity index is 487. The number of hydrogen-bond acceptors (Lipinski definition) is 4. The summed E-state index contributed by atoms with van der Waals surface area (Å²) in [4.78, 5) is 12.2. The highest BCUT2D eigenvalue weighted by Gasteiger charge is 2.34. The summed E-state index contributed by atoms with van der Waals surface area (Å²) in [6, 6.07) is 7.29. The van der Waals surface area contributed by atoms with E-state index >= 15 is 0 Å². The zero-order chi connectivity index (χ0) is 14.8. The summed E-state index contributed by atoms with van der Waals surface area (Å²) in [6.45, 7) is 5.95. The van der Waals surface area contributed by atoms with E-state index in [1.165, 1.54) is 0 Å². The Balaban J connectivity index is 2.01. The van der Waals surface area contributed by atoms with Crippen molar-refractivity contribution in [2.75, 3.05) is 13.2 Å². The topological polar surface area (TPSA) is 67.8 Å². The summed E-state index contributed by atoms with van der Waals surface area (Å²) in [5, 5.41) is 12.0. The van der Waals surface area contributed by atoms with Crippen LogP contribution in [-0.2, 0) is 4.79 Å². The molecule has 5 nitrogen and oxygen atoms in total. The van der Waals surface area contributed by atoms with Crippen molar-refractivity contribution in [1.82, 2.24) is 5.32 Å². The first kappa shape index (κ1) is 14.7. The third-order valence-corrected chi connectivity index (χ3v) is 3.27. The van der Waals surface area contributed by atoms with Crippen LogP contribution in [0.3, 0.4) is 0 Å². The largest absolute Gasteiger partial charge is 0.482 e. The van der Waals surface area contributed by atoms with Crippen molar-refractivity contribution in [2.45, 2.75) is 33.0 Å². The molecule has 1 heterocycles. The Kier molecular flexibility index (Phi) is 4.18. The Morgan fingerprint density at radius 2 is 1.90 bits per heavy atom. The molecule has 110 valence electrons. The van der Waals surface area contributed by atoms with Crippen LogP contribution in [0.25, 0.3) is 0 Å². The van der Waals surface area contributed by atoms with E-state index in [1.54, 1.807) is 13.0 Å². The van der Waals surface area contributed by atoms with E-state index in [0.29, 0.717) is 18.0 Å². The minimum atomic E-state index is -0.681. The average Bonchev–Trinajstić information content (AvgIpc) is 2.44. The molecule has 0 saturated heterocycles. The highest BCUT2D eigenvalue weighted by atomic mass is 16.6. The van der Waals surface area contributed by atoms with Gasteiger partial charge in [-0.25, -0.2) is 0 Å². The summed E-state index contributed by atoms with van der Waals surface area (Å²) in [7, 11) is 0. The van der Waals surface area contributed by atoms with Gasteiger partial charge in [-0.3, -0.25) is 4.79 Å². The van der Waals surface area contributed by atoms with Gasteiger partial charge in [0.2, 0.25) is 6.10 Å². The number of rotatable bonds is 4. The first-order chi connectivity index (χ1) is 9.43. The fourth-order valence-corrected chi connectivity index (χ4v) is 1.89. The van der Waals surface area contributed by atoms with Crippen LogP contribution >= 0.6 is 0 Å². The number of carbonyl (C=O) groups is 1. The van der Waals surface area contributed by atoms with Crippen molar-refractivity contribution in [3.8, 4) is 11.5 Å². The van der Waals surface area contributed by atoms with Gasteiger partial charge < -0.3 is 19.9 Å². The summed E-state index contributed by atoms with van der Waals surface area (Å²) >= 11 is 0. The molecule has 2 rings (SSSR count). The fourth-order valence-electron chi connectivity index (χ4n) is 1.89. The van der Waals surface area contributed by atoms with E-state index in [2.05, 4.69) is 5.32 Å². The van der Waals surface area contributed by atoms with Crippen LogP contribution in [0.1, 0.15) is 20.8 Å². The summed E-state index contributed by atoms with van der Waals surface area (Å²) < 4.78 is 11.4. The number of para-hydroxylation sites is 2. The third-order valence-electron chi connectivity index (χ3n) is 3.27. The van der Waals surface area contributed by atoms with Crippen LogP contribution in [-0.4, -0.2) is 36.4 Å². The SMILES string of the molecule is CC1Oc2ccccc2OC1C(=O)NCC(C)(C)CO. The first-order valence-electron chi connectivity index (χ1n) is 6.74. The quantitative estimate of drug-likeness (QED) is 0.873. The van der Waals surface area contributed by atoms with E-state index in [9.17, 15) is 9.90 Å². The Morgan fingerprint density at radius 3 is 2.50 bits per heavy atom. The molecule has 0 radical (unpaired) electrons. The molecule has 0 bridgehead atoms. The molecule has 1 aliphatic heterocycles. The molecule has 2 atom stereocenters. The standard InChI is InChI=1S/C15H21NO4/c1-10-13(14(18)16-8-15(2,3)9-17)20-12-7-5-4-6-11(12)19-10/h4-7,10,13,17H,8-9H2,1-3H3,(H,16,18). The lowest BCUT2D eigenvalue weighted by atomic mass is 9.95. The number of benzene rings is 1. The maximum Gasteiger partial charge on any atom is 0.265 e. The lowest BCUT2D eigenvalue weighted by molar-refractivity contribution is -0.134. The molecule has 0 saturated carbocycles. The van der Waals surface area contributed by atoms with Gasteiger partial charge in [-0.2, -0.15) is 0 Å². The van der Waals surface area contributed by atoms with Crippen molar-refractivity contribution < 1.29 is 19.4 Å². The van der Waals surface area contributed by atoms with Gasteiger partial charge in [0.1, 0.15) is 6.10 Å². The molecule has 2 unspecified atom stereocenters. The van der Waals surface area contributed by atoms with Gasteiger partial charge in [0, 0.05) is 18.6 Å². The number of aliphatic hydroxyl groups is 1. The predicted molar refractivity (Wildman–Crippen MR) is 74.8 cm³/mol. The van der Waals surface area contributed by atoms with Gasteiger partial charge in [-0.1, -0.05) is 26.0 Å². The lowest BCUT2D eigenvalue weighted by Gasteiger charge is -2.32. The Labute approximate surface area is 118 Å². The molecule has 0 aromatic heterocycles. The highest BCUT2D eigenvalue weighted by molar-refractivity contribution is 5.82. The second-order valence-electron chi connectivity index (χ2n) is 5.85. The van der Waals surface area contributed by atoms with Crippen molar-refractivity contribution in [1.29, 1.82) is 0 Å². The van der Waals surface area contributed by atoms with Crippen LogP contribution in [0.5, 0.6) is 11.5 Å². The third kappa shape index (κ3) is 3.22. The van der Waals surface area contributed by atoms with Crippen molar-refractivity contribution in [3.05, 3.63) is 24.3 Å². The molecule has 1 aliphatic rings. The minimum Gasteiger partial charge on any atom is -0.482 e. The molecule has 1 aromatic rings. The number of aliphatic hydroxyl groups excluding tert-OH is 1. The van der Waals surface area contributed by atoms with Gasteiger partial charge in [-0.05, 0) is 19.1 Å². The number of carbonyl (C=O) groups excluding carboxylic acids is 1. The second-order valence-corrected chi connectivity index (χ2v) is 5.85. The van der Waals surface area contributed by atoms with Gasteiger partial charge in [0.15, 0.2) is 11.5 Å². The smallest absolute Gasteiger partial charge is 0.265 e. The first-order valence-corrected chi connectivity index (χ1v) is 6.74. The summed E-state index contributed by atoms with van der Waals surface area (Å²) in [5.74, 6) is 1.00. The van der Waals surface area contributed by atoms with Crippen LogP contribution in [0.2, 0.25) is 0 Å². The normalized spacial score (nSPS) is 21.4. The van der Waals surface area contributed by atoms with E-state index < -0.39 is 6.10 Å². The number of nitrogens with one attached hydrogen (secondary N) is 1. The molecule has 0 spiro atoms. The number of ether oxygens (including phenoxy) is 2. The predicted octanol–water partition coefficient (Wildman–Crippen LogP) is 1.35.